The smallest absolute Gasteiger partial charge is 0.306 e. The molecule has 0 atom stereocenters. The lowest BCUT2D eigenvalue weighted by Gasteiger charge is -2.26. The number of rotatable bonds is 5. The molecule has 0 unspecified atom stereocenters. The Morgan fingerprint density at radius 2 is 1.75 bits per heavy atom. The molecule has 0 bridgehead atoms. The second-order valence-electron chi connectivity index (χ2n) is 5.44. The first kappa shape index (κ1) is 14.6. The molecule has 0 saturated heterocycles. The van der Waals surface area contributed by atoms with E-state index < -0.39 is 5.97 Å². The first-order valence-electron chi connectivity index (χ1n) is 7.21. The molecular weight excluding hydrogens is 254 g/mol. The van der Waals surface area contributed by atoms with Gasteiger partial charge in [-0.25, -0.2) is 0 Å². The van der Waals surface area contributed by atoms with Crippen LogP contribution in [0.25, 0.3) is 0 Å². The average molecular weight is 275 g/mol. The van der Waals surface area contributed by atoms with Gasteiger partial charge in [0, 0.05) is 12.5 Å². The zero-order valence-electron chi connectivity index (χ0n) is 11.5. The van der Waals surface area contributed by atoms with Crippen molar-refractivity contribution in [2.45, 2.75) is 44.6 Å². The molecule has 0 spiro atoms. The quantitative estimate of drug-likeness (QED) is 0.867. The number of amides is 1. The number of benzene rings is 1. The van der Waals surface area contributed by atoms with Gasteiger partial charge in [-0.15, -0.1) is 0 Å². The van der Waals surface area contributed by atoms with E-state index in [9.17, 15) is 9.59 Å². The Morgan fingerprint density at radius 1 is 1.10 bits per heavy atom. The Hall–Kier alpha value is -1.84. The Balaban J connectivity index is 1.69. The van der Waals surface area contributed by atoms with Crippen LogP contribution in [0.1, 0.15) is 37.7 Å². The molecule has 1 aliphatic carbocycles. The maximum atomic E-state index is 11.9. The Bertz CT molecular complexity index is 450. The van der Waals surface area contributed by atoms with Gasteiger partial charge in [0.25, 0.3) is 0 Å². The summed E-state index contributed by atoms with van der Waals surface area (Å²) in [5.74, 6) is -0.876. The molecule has 1 fully saturated rings. The molecular formula is C16H21NO3. The van der Waals surface area contributed by atoms with Crippen molar-refractivity contribution in [1.29, 1.82) is 0 Å². The highest BCUT2D eigenvalue weighted by Gasteiger charge is 2.26. The summed E-state index contributed by atoms with van der Waals surface area (Å²) in [7, 11) is 0. The number of aryl methyl sites for hydroxylation is 1. The van der Waals surface area contributed by atoms with E-state index in [1.807, 2.05) is 30.3 Å². The van der Waals surface area contributed by atoms with Crippen molar-refractivity contribution in [2.24, 2.45) is 5.92 Å². The summed E-state index contributed by atoms with van der Waals surface area (Å²) in [6.07, 6.45) is 4.11. The summed E-state index contributed by atoms with van der Waals surface area (Å²) < 4.78 is 0. The minimum absolute atomic E-state index is 0.0626. The number of hydrogen-bond donors (Lipinski definition) is 2. The molecule has 0 heterocycles. The van der Waals surface area contributed by atoms with Gasteiger partial charge < -0.3 is 10.4 Å². The number of carbonyl (C=O) groups is 2. The monoisotopic (exact) mass is 275 g/mol. The van der Waals surface area contributed by atoms with Crippen molar-refractivity contribution >= 4 is 11.9 Å². The molecule has 2 rings (SSSR count). The fourth-order valence-corrected chi connectivity index (χ4v) is 2.69. The normalized spacial score (nSPS) is 22.2. The van der Waals surface area contributed by atoms with E-state index in [2.05, 4.69) is 5.32 Å². The summed E-state index contributed by atoms with van der Waals surface area (Å²) in [4.78, 5) is 22.7. The minimum atomic E-state index is -0.709. The van der Waals surface area contributed by atoms with Crippen molar-refractivity contribution in [2.75, 3.05) is 0 Å². The van der Waals surface area contributed by atoms with Crippen LogP contribution < -0.4 is 5.32 Å². The largest absolute Gasteiger partial charge is 0.481 e. The SMILES string of the molecule is O=C(CCc1ccccc1)NC1CCC(C(=O)O)CC1. The fraction of sp³-hybridized carbons (Fsp3) is 0.500. The molecule has 0 radical (unpaired) electrons. The number of carboxylic acid groups (broad SMARTS) is 1. The molecule has 108 valence electrons. The summed E-state index contributed by atoms with van der Waals surface area (Å²) in [6.45, 7) is 0. The maximum Gasteiger partial charge on any atom is 0.306 e. The lowest BCUT2D eigenvalue weighted by atomic mass is 9.86. The van der Waals surface area contributed by atoms with Crippen LogP contribution in [0, 0.1) is 5.92 Å². The highest BCUT2D eigenvalue weighted by molar-refractivity contribution is 5.76. The van der Waals surface area contributed by atoms with E-state index in [1.165, 1.54) is 0 Å². The summed E-state index contributed by atoms with van der Waals surface area (Å²) in [5.41, 5.74) is 1.16. The van der Waals surface area contributed by atoms with E-state index in [1.54, 1.807) is 0 Å². The molecule has 1 aromatic rings. The highest BCUT2D eigenvalue weighted by atomic mass is 16.4. The van der Waals surface area contributed by atoms with Gasteiger partial charge in [0.1, 0.15) is 0 Å². The number of aliphatic carboxylic acids is 1. The van der Waals surface area contributed by atoms with E-state index in [-0.39, 0.29) is 17.9 Å². The summed E-state index contributed by atoms with van der Waals surface area (Å²) in [5, 5.41) is 11.9. The van der Waals surface area contributed by atoms with E-state index in [0.717, 1.165) is 24.8 Å². The first-order valence-corrected chi connectivity index (χ1v) is 7.21. The zero-order chi connectivity index (χ0) is 14.4. The zero-order valence-corrected chi connectivity index (χ0v) is 11.5. The lowest BCUT2D eigenvalue weighted by Crippen LogP contribution is -2.38. The molecule has 1 saturated carbocycles. The van der Waals surface area contributed by atoms with Crippen LogP contribution in [0.2, 0.25) is 0 Å². The topological polar surface area (TPSA) is 66.4 Å². The molecule has 1 aliphatic rings. The summed E-state index contributed by atoms with van der Waals surface area (Å²) in [6, 6.07) is 10.1. The summed E-state index contributed by atoms with van der Waals surface area (Å²) >= 11 is 0. The minimum Gasteiger partial charge on any atom is -0.481 e. The van der Waals surface area contributed by atoms with E-state index in [0.29, 0.717) is 19.3 Å². The van der Waals surface area contributed by atoms with E-state index in [4.69, 9.17) is 5.11 Å². The number of carboxylic acids is 1. The van der Waals surface area contributed by atoms with Crippen molar-refractivity contribution in [3.63, 3.8) is 0 Å². The predicted octanol–water partition coefficient (Wildman–Crippen LogP) is 2.38. The van der Waals surface area contributed by atoms with Gasteiger partial charge in [-0.1, -0.05) is 30.3 Å². The van der Waals surface area contributed by atoms with Crippen LogP contribution in [0.5, 0.6) is 0 Å². The van der Waals surface area contributed by atoms with E-state index >= 15 is 0 Å². The number of hydrogen-bond acceptors (Lipinski definition) is 2. The maximum absolute atomic E-state index is 11.9. The molecule has 4 nitrogen and oxygen atoms in total. The van der Waals surface area contributed by atoms with Crippen LogP contribution in [-0.4, -0.2) is 23.0 Å². The third-order valence-corrected chi connectivity index (χ3v) is 3.93. The van der Waals surface area contributed by atoms with Crippen molar-refractivity contribution in [1.82, 2.24) is 5.32 Å². The molecule has 4 heteroatoms. The van der Waals surface area contributed by atoms with Crippen molar-refractivity contribution < 1.29 is 14.7 Å². The van der Waals surface area contributed by atoms with Gasteiger partial charge in [-0.2, -0.15) is 0 Å². The van der Waals surface area contributed by atoms with Gasteiger partial charge >= 0.3 is 5.97 Å². The number of carbonyl (C=O) groups excluding carboxylic acids is 1. The molecule has 1 aromatic carbocycles. The van der Waals surface area contributed by atoms with Gasteiger partial charge in [0.05, 0.1) is 5.92 Å². The third-order valence-electron chi connectivity index (χ3n) is 3.93. The Kier molecular flexibility index (Phi) is 5.16. The van der Waals surface area contributed by atoms with Crippen LogP contribution in [0.15, 0.2) is 30.3 Å². The van der Waals surface area contributed by atoms with Gasteiger partial charge in [0.15, 0.2) is 0 Å². The highest BCUT2D eigenvalue weighted by Crippen LogP contribution is 2.24. The predicted molar refractivity (Wildman–Crippen MR) is 76.3 cm³/mol. The van der Waals surface area contributed by atoms with Gasteiger partial charge in [-0.3, -0.25) is 9.59 Å². The molecule has 0 aliphatic heterocycles. The molecule has 2 N–H and O–H groups in total. The molecule has 20 heavy (non-hydrogen) atoms. The lowest BCUT2D eigenvalue weighted by molar-refractivity contribution is -0.142. The third kappa shape index (κ3) is 4.37. The van der Waals surface area contributed by atoms with Gasteiger partial charge in [-0.05, 0) is 37.7 Å². The molecule has 1 amide bonds. The number of nitrogens with one attached hydrogen (secondary N) is 1. The van der Waals surface area contributed by atoms with Crippen molar-refractivity contribution in [3.05, 3.63) is 35.9 Å². The Labute approximate surface area is 119 Å². The van der Waals surface area contributed by atoms with Crippen LogP contribution in [0.3, 0.4) is 0 Å². The second kappa shape index (κ2) is 7.08. The van der Waals surface area contributed by atoms with Crippen LogP contribution in [0.4, 0.5) is 0 Å². The molecule has 0 aromatic heterocycles. The van der Waals surface area contributed by atoms with Gasteiger partial charge in [0.2, 0.25) is 5.91 Å². The Morgan fingerprint density at radius 3 is 2.35 bits per heavy atom. The van der Waals surface area contributed by atoms with Crippen LogP contribution in [-0.2, 0) is 16.0 Å². The first-order chi connectivity index (χ1) is 9.65. The van der Waals surface area contributed by atoms with Crippen molar-refractivity contribution in [3.8, 4) is 0 Å². The second-order valence-corrected chi connectivity index (χ2v) is 5.44. The average Bonchev–Trinajstić information content (AvgIpc) is 2.47. The standard InChI is InChI=1S/C16H21NO3/c18-15(11-6-12-4-2-1-3-5-12)17-14-9-7-13(8-10-14)16(19)20/h1-5,13-14H,6-11H2,(H,17,18)(H,19,20). The van der Waals surface area contributed by atoms with Crippen LogP contribution >= 0.6 is 0 Å². The fourth-order valence-electron chi connectivity index (χ4n) is 2.69.